The Morgan fingerprint density at radius 3 is 2.84 bits per heavy atom. The van der Waals surface area contributed by atoms with Crippen molar-refractivity contribution in [2.24, 2.45) is 5.92 Å². The third kappa shape index (κ3) is 3.12. The van der Waals surface area contributed by atoms with Crippen LogP contribution in [0.25, 0.3) is 0 Å². The molecule has 2 rings (SSSR count). The minimum absolute atomic E-state index is 0.0763. The van der Waals surface area contributed by atoms with Crippen LogP contribution in [0.1, 0.15) is 55.4 Å². The van der Waals surface area contributed by atoms with Gasteiger partial charge in [-0.3, -0.25) is 4.79 Å². The zero-order valence-corrected chi connectivity index (χ0v) is 12.5. The highest BCUT2D eigenvalue weighted by Crippen LogP contribution is 2.28. The largest absolute Gasteiger partial charge is 0.396 e. The predicted molar refractivity (Wildman–Crippen MR) is 74.3 cm³/mol. The smallest absolute Gasteiger partial charge is 0.265 e. The van der Waals surface area contributed by atoms with Crippen LogP contribution >= 0.6 is 11.5 Å². The first-order valence-electron chi connectivity index (χ1n) is 6.68. The van der Waals surface area contributed by atoms with Gasteiger partial charge in [-0.1, -0.05) is 31.7 Å². The summed E-state index contributed by atoms with van der Waals surface area (Å²) in [5.41, 5.74) is 0.555. The second-order valence-corrected chi connectivity index (χ2v) is 6.91. The number of amides is 1. The molecule has 1 saturated carbocycles. The molecule has 106 valence electrons. The van der Waals surface area contributed by atoms with E-state index in [0.29, 0.717) is 4.88 Å². The molecular formula is C13H21N3O2S. The Hall–Kier alpha value is -1.01. The summed E-state index contributed by atoms with van der Waals surface area (Å²) in [6.07, 6.45) is 2.98. The highest BCUT2D eigenvalue weighted by Gasteiger charge is 2.31. The molecule has 1 aromatic rings. The van der Waals surface area contributed by atoms with Gasteiger partial charge in [-0.05, 0) is 24.4 Å². The highest BCUT2D eigenvalue weighted by molar-refractivity contribution is 7.08. The molecule has 1 amide bonds. The molecule has 1 fully saturated rings. The van der Waals surface area contributed by atoms with Gasteiger partial charge >= 0.3 is 0 Å². The third-order valence-electron chi connectivity index (χ3n) is 3.61. The molecule has 0 saturated heterocycles. The molecule has 0 aromatic carbocycles. The van der Waals surface area contributed by atoms with Crippen molar-refractivity contribution in [1.29, 1.82) is 0 Å². The number of nitrogens with one attached hydrogen (secondary N) is 1. The van der Waals surface area contributed by atoms with Crippen LogP contribution in [0.4, 0.5) is 0 Å². The normalized spacial score (nSPS) is 23.6. The van der Waals surface area contributed by atoms with Gasteiger partial charge in [0.05, 0.1) is 5.69 Å². The number of carbonyl (C=O) groups is 1. The number of rotatable bonds is 3. The van der Waals surface area contributed by atoms with Gasteiger partial charge in [0.2, 0.25) is 0 Å². The molecule has 0 spiro atoms. The van der Waals surface area contributed by atoms with Crippen LogP contribution in [0.15, 0.2) is 0 Å². The lowest BCUT2D eigenvalue weighted by Gasteiger charge is -2.20. The van der Waals surface area contributed by atoms with Crippen LogP contribution < -0.4 is 5.32 Å². The fourth-order valence-electron chi connectivity index (χ4n) is 2.51. The Morgan fingerprint density at radius 1 is 1.47 bits per heavy atom. The molecule has 1 heterocycles. The van der Waals surface area contributed by atoms with Crippen molar-refractivity contribution in [2.45, 2.75) is 51.5 Å². The molecular weight excluding hydrogens is 262 g/mol. The van der Waals surface area contributed by atoms with Crippen LogP contribution in [0.2, 0.25) is 0 Å². The van der Waals surface area contributed by atoms with E-state index in [0.717, 1.165) is 36.5 Å². The standard InChI is InChI=1S/C13H21N3O2S/c1-13(2,3)11-10(19-16-15-11)12(18)14-9-6-4-5-8(9)7-17/h8-9,17H,4-7H2,1-3H3,(H,14,18). The number of hydrogen-bond acceptors (Lipinski definition) is 5. The molecule has 6 heteroatoms. The van der Waals surface area contributed by atoms with Gasteiger partial charge in [0, 0.05) is 24.0 Å². The first kappa shape index (κ1) is 14.4. The molecule has 0 radical (unpaired) electrons. The predicted octanol–water partition coefficient (Wildman–Crippen LogP) is 1.73. The summed E-state index contributed by atoms with van der Waals surface area (Å²) in [5, 5.41) is 16.4. The van der Waals surface area contributed by atoms with E-state index >= 15 is 0 Å². The molecule has 2 atom stereocenters. The van der Waals surface area contributed by atoms with E-state index in [2.05, 4.69) is 14.9 Å². The summed E-state index contributed by atoms with van der Waals surface area (Å²) < 4.78 is 3.90. The SMILES string of the molecule is CC(C)(C)c1nnsc1C(=O)NC1CCCC1CO. The number of carbonyl (C=O) groups excluding carboxylic acids is 1. The summed E-state index contributed by atoms with van der Waals surface area (Å²) in [6, 6.07) is 0.0763. The van der Waals surface area contributed by atoms with Crippen molar-refractivity contribution in [3.8, 4) is 0 Å². The van der Waals surface area contributed by atoms with Crippen LogP contribution in [-0.4, -0.2) is 33.2 Å². The van der Waals surface area contributed by atoms with E-state index in [1.165, 1.54) is 0 Å². The van der Waals surface area contributed by atoms with E-state index in [1.54, 1.807) is 0 Å². The van der Waals surface area contributed by atoms with Crippen molar-refractivity contribution in [3.63, 3.8) is 0 Å². The second kappa shape index (κ2) is 5.54. The summed E-state index contributed by atoms with van der Waals surface area (Å²) in [4.78, 5) is 12.9. The molecule has 2 unspecified atom stereocenters. The van der Waals surface area contributed by atoms with Crippen molar-refractivity contribution in [3.05, 3.63) is 10.6 Å². The van der Waals surface area contributed by atoms with Crippen LogP contribution in [0, 0.1) is 5.92 Å². The van der Waals surface area contributed by atoms with E-state index in [9.17, 15) is 9.90 Å². The van der Waals surface area contributed by atoms with Crippen molar-refractivity contribution in [1.82, 2.24) is 14.9 Å². The van der Waals surface area contributed by atoms with Gasteiger partial charge in [-0.15, -0.1) is 5.10 Å². The zero-order valence-electron chi connectivity index (χ0n) is 11.6. The number of nitrogens with zero attached hydrogens (tertiary/aromatic N) is 2. The summed E-state index contributed by atoms with van der Waals surface area (Å²) in [7, 11) is 0. The molecule has 19 heavy (non-hydrogen) atoms. The Balaban J connectivity index is 2.11. The molecule has 1 aliphatic rings. The number of aliphatic hydroxyl groups is 1. The van der Waals surface area contributed by atoms with E-state index in [4.69, 9.17) is 0 Å². The molecule has 2 N–H and O–H groups in total. The minimum Gasteiger partial charge on any atom is -0.396 e. The average Bonchev–Trinajstić information content (AvgIpc) is 2.95. The van der Waals surface area contributed by atoms with Crippen LogP contribution in [0.5, 0.6) is 0 Å². The van der Waals surface area contributed by atoms with Gasteiger partial charge in [-0.25, -0.2) is 0 Å². The van der Waals surface area contributed by atoms with Gasteiger partial charge in [-0.2, -0.15) is 0 Å². The average molecular weight is 283 g/mol. The van der Waals surface area contributed by atoms with Gasteiger partial charge in [0.15, 0.2) is 0 Å². The zero-order chi connectivity index (χ0) is 14.0. The lowest BCUT2D eigenvalue weighted by atomic mass is 9.91. The Labute approximate surface area is 117 Å². The minimum atomic E-state index is -0.189. The van der Waals surface area contributed by atoms with Gasteiger partial charge in [0.25, 0.3) is 5.91 Å². The second-order valence-electron chi connectivity index (χ2n) is 6.15. The maximum absolute atomic E-state index is 12.3. The summed E-state index contributed by atoms with van der Waals surface area (Å²) in [5.74, 6) is 0.0770. The number of aromatic nitrogens is 2. The lowest BCUT2D eigenvalue weighted by molar-refractivity contribution is 0.0918. The third-order valence-corrected chi connectivity index (χ3v) is 4.34. The highest BCUT2D eigenvalue weighted by atomic mass is 32.1. The first-order valence-corrected chi connectivity index (χ1v) is 7.45. The monoisotopic (exact) mass is 283 g/mol. The topological polar surface area (TPSA) is 75.1 Å². The molecule has 1 aromatic heterocycles. The number of aliphatic hydroxyl groups excluding tert-OH is 1. The van der Waals surface area contributed by atoms with Crippen molar-refractivity contribution < 1.29 is 9.90 Å². The quantitative estimate of drug-likeness (QED) is 0.886. The van der Waals surface area contributed by atoms with Crippen molar-refractivity contribution >= 4 is 17.4 Å². The maximum atomic E-state index is 12.3. The van der Waals surface area contributed by atoms with Gasteiger partial charge in [0.1, 0.15) is 4.88 Å². The van der Waals surface area contributed by atoms with E-state index in [-0.39, 0.29) is 29.9 Å². The molecule has 5 nitrogen and oxygen atoms in total. The van der Waals surface area contributed by atoms with Crippen molar-refractivity contribution in [2.75, 3.05) is 6.61 Å². The van der Waals surface area contributed by atoms with Gasteiger partial charge < -0.3 is 10.4 Å². The molecule has 1 aliphatic carbocycles. The molecule has 0 aliphatic heterocycles. The maximum Gasteiger partial charge on any atom is 0.265 e. The lowest BCUT2D eigenvalue weighted by Crippen LogP contribution is -2.39. The van der Waals surface area contributed by atoms with E-state index in [1.807, 2.05) is 20.8 Å². The summed E-state index contributed by atoms with van der Waals surface area (Å²) >= 11 is 1.14. The Morgan fingerprint density at radius 2 is 2.21 bits per heavy atom. The molecule has 0 bridgehead atoms. The fourth-order valence-corrected chi connectivity index (χ4v) is 3.29. The fraction of sp³-hybridized carbons (Fsp3) is 0.769. The Kier molecular flexibility index (Phi) is 4.20. The number of hydrogen-bond donors (Lipinski definition) is 2. The van der Waals surface area contributed by atoms with Crippen LogP contribution in [-0.2, 0) is 5.41 Å². The summed E-state index contributed by atoms with van der Waals surface area (Å²) in [6.45, 7) is 6.20. The van der Waals surface area contributed by atoms with Crippen LogP contribution in [0.3, 0.4) is 0 Å². The first-order chi connectivity index (χ1) is 8.93. The van der Waals surface area contributed by atoms with E-state index < -0.39 is 0 Å². The Bertz CT molecular complexity index is 453.